The molecule has 0 amide bonds. The van der Waals surface area contributed by atoms with Crippen molar-refractivity contribution in [2.24, 2.45) is 0 Å². The molecule has 0 aliphatic carbocycles. The van der Waals surface area contributed by atoms with Gasteiger partial charge in [-0.3, -0.25) is 8.96 Å². The minimum atomic E-state index is -0.375. The molecule has 0 fully saturated rings. The Morgan fingerprint density at radius 1 is 0.604 bits per heavy atom. The molecule has 2 heterocycles. The van der Waals surface area contributed by atoms with E-state index in [0.717, 1.165) is 39.2 Å². The van der Waals surface area contributed by atoms with Crippen molar-refractivity contribution in [2.75, 3.05) is 0 Å². The first-order valence-electron chi connectivity index (χ1n) is 17.2. The number of aryl methyl sites for hydroxylation is 4. The Morgan fingerprint density at radius 2 is 1.00 bits per heavy atom. The van der Waals surface area contributed by atoms with Gasteiger partial charge in [0.15, 0.2) is 5.82 Å². The Bertz CT molecular complexity index is 1720. The molecule has 2 aromatic heterocycles. The molecule has 2 atom stereocenters. The molecule has 6 aromatic rings. The fourth-order valence-electron chi connectivity index (χ4n) is 5.19. The van der Waals surface area contributed by atoms with E-state index < -0.39 is 0 Å². The van der Waals surface area contributed by atoms with Gasteiger partial charge in [-0.15, -0.1) is 45.1 Å². The van der Waals surface area contributed by atoms with Crippen molar-refractivity contribution >= 4 is 0 Å². The quantitative estimate of drug-likeness (QED) is 0.161. The fourth-order valence-corrected chi connectivity index (χ4v) is 5.19. The molecule has 6 rings (SSSR count). The molecule has 290 valence electrons. The predicted octanol–water partition coefficient (Wildman–Crippen LogP) is 9.37. The first-order chi connectivity index (χ1) is 24.5. The summed E-state index contributed by atoms with van der Waals surface area (Å²) in [4.78, 5) is 0. The molecule has 0 saturated heterocycles. The van der Waals surface area contributed by atoms with Crippen molar-refractivity contribution in [1.82, 2.24) is 29.5 Å². The van der Waals surface area contributed by atoms with Gasteiger partial charge in [0.2, 0.25) is 0 Å². The average Bonchev–Trinajstić information content (AvgIpc) is 3.78. The molecule has 8 nitrogen and oxygen atoms in total. The zero-order valence-electron chi connectivity index (χ0n) is 32.0. The van der Waals surface area contributed by atoms with Gasteiger partial charge in [-0.1, -0.05) is 64.1 Å². The van der Waals surface area contributed by atoms with E-state index >= 15 is 0 Å². The van der Waals surface area contributed by atoms with Crippen LogP contribution in [0, 0.1) is 45.4 Å². The normalized spacial score (nSPS) is 10.8. The molecule has 2 N–H and O–H groups in total. The summed E-state index contributed by atoms with van der Waals surface area (Å²) >= 11 is 0. The molecule has 0 saturated carbocycles. The van der Waals surface area contributed by atoms with Crippen LogP contribution in [-0.4, -0.2) is 51.9 Å². The second kappa shape index (κ2) is 25.3. The van der Waals surface area contributed by atoms with Gasteiger partial charge < -0.3 is 14.8 Å². The van der Waals surface area contributed by atoms with Gasteiger partial charge in [0.05, 0.1) is 23.7 Å². The van der Waals surface area contributed by atoms with Gasteiger partial charge >= 0.3 is 0 Å². The Kier molecular flexibility index (Phi) is 23.5. The summed E-state index contributed by atoms with van der Waals surface area (Å²) in [6.07, 6.45) is 3.08. The Labute approximate surface area is 340 Å². The molecule has 0 bridgehead atoms. The first-order valence-corrected chi connectivity index (χ1v) is 17.2. The number of hydrogen-bond donors (Lipinski definition) is 2. The maximum atomic E-state index is 13.0. The minimum absolute atomic E-state index is 0. The van der Waals surface area contributed by atoms with Crippen molar-refractivity contribution in [3.05, 3.63) is 131 Å². The summed E-state index contributed by atoms with van der Waals surface area (Å²) in [7, 11) is 0. The zero-order valence-corrected chi connectivity index (χ0v) is 36.8. The molecule has 12 heteroatoms. The Hall–Kier alpha value is -3.76. The SMILES string of the molecule is CC.CC.CC(O)CC(C)O.Cc1cccc(C)c1-n1cnnc1-c1[c-]cc(F)cc1.Cc1cccc(C)c1-n1cnnc1-c1ccc(F)cc1.[Ir].[Ir]. The fraction of sp³-hybridized carbons (Fsp3) is 0.317. The summed E-state index contributed by atoms with van der Waals surface area (Å²) in [6.45, 7) is 19.5. The number of aliphatic hydroxyl groups is 2. The van der Waals surface area contributed by atoms with Crippen molar-refractivity contribution < 1.29 is 59.2 Å². The Morgan fingerprint density at radius 3 is 1.38 bits per heavy atom. The van der Waals surface area contributed by atoms with Crippen LogP contribution >= 0.6 is 0 Å². The van der Waals surface area contributed by atoms with Gasteiger partial charge in [0, 0.05) is 57.3 Å². The van der Waals surface area contributed by atoms with E-state index in [9.17, 15) is 8.78 Å². The molecular weight excluding hydrogens is 1030 g/mol. The number of benzene rings is 4. The standard InChI is InChI=1S/C16H14FN3.C16H13FN3.C5H12O2.2C2H6.2Ir/c2*1-11-4-3-5-12(2)15(11)20-10-18-19-16(20)13-6-8-14(17)9-7-13;1-4(6)3-5(2)7;2*1-2;;/h3-10H,1-2H3;3-6,8-10H,1-2H3;4-7H,3H2,1-2H3;2*1-2H3;;/q;-1;;;;;. The molecule has 53 heavy (non-hydrogen) atoms. The van der Waals surface area contributed by atoms with Crippen LogP contribution in [0.4, 0.5) is 8.78 Å². The number of rotatable bonds is 6. The van der Waals surface area contributed by atoms with E-state index in [-0.39, 0.29) is 64.1 Å². The summed E-state index contributed by atoms with van der Waals surface area (Å²) in [5, 5.41) is 33.4. The van der Waals surface area contributed by atoms with Crippen LogP contribution in [0.25, 0.3) is 34.2 Å². The molecule has 0 spiro atoms. The molecular formula is C41H51F2Ir2N6O2-. The summed E-state index contributed by atoms with van der Waals surface area (Å²) < 4.78 is 29.9. The van der Waals surface area contributed by atoms with E-state index in [1.807, 2.05) is 74.9 Å². The van der Waals surface area contributed by atoms with Gasteiger partial charge in [-0.25, -0.2) is 4.39 Å². The molecule has 2 radical (unpaired) electrons. The van der Waals surface area contributed by atoms with E-state index in [2.05, 4.69) is 52.4 Å². The molecule has 0 aliphatic heterocycles. The van der Waals surface area contributed by atoms with E-state index in [1.165, 1.54) is 24.3 Å². The molecule has 4 aromatic carbocycles. The van der Waals surface area contributed by atoms with E-state index in [4.69, 9.17) is 10.2 Å². The smallest absolute Gasteiger partial charge is 0.168 e. The van der Waals surface area contributed by atoms with Gasteiger partial charge in [0.25, 0.3) is 0 Å². The maximum Gasteiger partial charge on any atom is 0.168 e. The molecule has 0 aliphatic rings. The number of nitrogens with zero attached hydrogens (tertiary/aromatic N) is 6. The van der Waals surface area contributed by atoms with Gasteiger partial charge in [-0.05, 0) is 94.5 Å². The van der Waals surface area contributed by atoms with Crippen LogP contribution in [0.1, 0.15) is 70.2 Å². The summed E-state index contributed by atoms with van der Waals surface area (Å²) in [5.41, 5.74) is 8.22. The van der Waals surface area contributed by atoms with Crippen molar-refractivity contribution in [1.29, 1.82) is 0 Å². The number of hydrogen-bond acceptors (Lipinski definition) is 6. The third-order valence-electron chi connectivity index (χ3n) is 7.26. The average molecular weight is 1080 g/mol. The third-order valence-corrected chi connectivity index (χ3v) is 7.26. The van der Waals surface area contributed by atoms with Crippen molar-refractivity contribution in [3.8, 4) is 34.2 Å². The maximum absolute atomic E-state index is 13.0. The van der Waals surface area contributed by atoms with Crippen LogP contribution in [0.15, 0.2) is 91.5 Å². The van der Waals surface area contributed by atoms with Gasteiger partial charge in [0.1, 0.15) is 18.5 Å². The largest absolute Gasteiger partial charge is 0.393 e. The number of aromatic nitrogens is 6. The zero-order chi connectivity index (χ0) is 38.1. The summed E-state index contributed by atoms with van der Waals surface area (Å²) in [5.74, 6) is 0.795. The molecule has 2 unspecified atom stereocenters. The monoisotopic (exact) mass is 1080 g/mol. The predicted molar refractivity (Wildman–Crippen MR) is 202 cm³/mol. The second-order valence-corrected chi connectivity index (χ2v) is 11.4. The van der Waals surface area contributed by atoms with Crippen LogP contribution in [0.5, 0.6) is 0 Å². The summed E-state index contributed by atoms with van der Waals surface area (Å²) in [6, 6.07) is 25.8. The number of para-hydroxylation sites is 2. The van der Waals surface area contributed by atoms with E-state index in [0.29, 0.717) is 23.6 Å². The topological polar surface area (TPSA) is 102 Å². The van der Waals surface area contributed by atoms with Gasteiger partial charge in [-0.2, -0.15) is 5.10 Å². The first kappa shape index (κ1) is 49.2. The van der Waals surface area contributed by atoms with Crippen molar-refractivity contribution in [3.63, 3.8) is 0 Å². The third kappa shape index (κ3) is 14.5. The van der Waals surface area contributed by atoms with Crippen LogP contribution in [-0.2, 0) is 40.2 Å². The van der Waals surface area contributed by atoms with E-state index in [1.54, 1.807) is 44.7 Å². The van der Waals surface area contributed by atoms with Crippen LogP contribution in [0.2, 0.25) is 0 Å². The Balaban J connectivity index is 0.000000782. The number of aliphatic hydroxyl groups excluding tert-OH is 2. The van der Waals surface area contributed by atoms with Crippen molar-refractivity contribution in [2.45, 2.75) is 87.9 Å². The van der Waals surface area contributed by atoms with Crippen LogP contribution in [0.3, 0.4) is 0 Å². The number of halogens is 2. The minimum Gasteiger partial charge on any atom is -0.393 e. The second-order valence-electron chi connectivity index (χ2n) is 11.4. The van der Waals surface area contributed by atoms with Crippen LogP contribution < -0.4 is 0 Å².